The molecule has 1 atom stereocenters. The number of carbonyl (C=O) groups is 3. The number of carbonyl (C=O) groups excluding carboxylic acids is 3. The van der Waals surface area contributed by atoms with Crippen molar-refractivity contribution in [2.45, 2.75) is 32.9 Å². The van der Waals surface area contributed by atoms with Gasteiger partial charge in [-0.2, -0.15) is 0 Å². The molecule has 2 rings (SSSR count). The van der Waals surface area contributed by atoms with Crippen molar-refractivity contribution in [3.05, 3.63) is 28.8 Å². The van der Waals surface area contributed by atoms with Crippen molar-refractivity contribution in [1.29, 1.82) is 0 Å². The smallest absolute Gasteiger partial charge is 0.244 e. The van der Waals surface area contributed by atoms with Crippen LogP contribution < -0.4 is 5.32 Å². The Hall–Kier alpha value is -1.82. The van der Waals surface area contributed by atoms with Crippen LogP contribution in [0.4, 0.5) is 5.69 Å². The van der Waals surface area contributed by atoms with Gasteiger partial charge in [0, 0.05) is 5.69 Å². The Balaban J connectivity index is 2.10. The van der Waals surface area contributed by atoms with Crippen molar-refractivity contribution in [2.75, 3.05) is 17.6 Å². The molecule has 1 heterocycles. The molecule has 0 saturated carbocycles. The Morgan fingerprint density at radius 1 is 1.27 bits per heavy atom. The van der Waals surface area contributed by atoms with E-state index in [2.05, 4.69) is 5.32 Å². The van der Waals surface area contributed by atoms with Crippen LogP contribution in [0.25, 0.3) is 0 Å². The fourth-order valence-electron chi connectivity index (χ4n) is 2.55. The number of aryl methyl sites for hydroxylation is 3. The molecular formula is C16H20N2O3S. The number of benzene rings is 1. The maximum atomic E-state index is 12.2. The van der Waals surface area contributed by atoms with Crippen molar-refractivity contribution in [1.82, 2.24) is 4.90 Å². The number of anilines is 1. The minimum absolute atomic E-state index is 0.227. The minimum atomic E-state index is -0.351. The minimum Gasteiger partial charge on any atom is -0.324 e. The number of imide groups is 1. The van der Waals surface area contributed by atoms with E-state index in [1.54, 1.807) is 6.92 Å². The Morgan fingerprint density at radius 3 is 2.45 bits per heavy atom. The van der Waals surface area contributed by atoms with Gasteiger partial charge in [-0.1, -0.05) is 17.7 Å². The molecule has 0 radical (unpaired) electrons. The highest BCUT2D eigenvalue weighted by atomic mass is 32.2. The Kier molecular flexibility index (Phi) is 4.90. The van der Waals surface area contributed by atoms with Gasteiger partial charge in [0.1, 0.15) is 6.54 Å². The summed E-state index contributed by atoms with van der Waals surface area (Å²) in [5.74, 6) is -0.715. The lowest BCUT2D eigenvalue weighted by Gasteiger charge is -2.28. The van der Waals surface area contributed by atoms with Gasteiger partial charge in [-0.3, -0.25) is 19.3 Å². The predicted molar refractivity (Wildman–Crippen MR) is 87.9 cm³/mol. The zero-order valence-corrected chi connectivity index (χ0v) is 14.0. The average molecular weight is 320 g/mol. The SMILES string of the molecule is Cc1cc(C)c(NC(=O)CN2C(=O)CSC(C)C2=O)c(C)c1. The number of hydrogen-bond acceptors (Lipinski definition) is 4. The molecule has 0 spiro atoms. The second kappa shape index (κ2) is 6.52. The van der Waals surface area contributed by atoms with Gasteiger partial charge in [0.2, 0.25) is 17.7 Å². The first-order valence-corrected chi connectivity index (χ1v) is 8.18. The summed E-state index contributed by atoms with van der Waals surface area (Å²) in [7, 11) is 0. The molecule has 22 heavy (non-hydrogen) atoms. The molecule has 0 bridgehead atoms. The third-order valence-corrected chi connectivity index (χ3v) is 4.73. The van der Waals surface area contributed by atoms with E-state index in [9.17, 15) is 14.4 Å². The van der Waals surface area contributed by atoms with Crippen LogP contribution in [0.5, 0.6) is 0 Å². The van der Waals surface area contributed by atoms with Crippen molar-refractivity contribution in [3.8, 4) is 0 Å². The quantitative estimate of drug-likeness (QED) is 0.866. The summed E-state index contributed by atoms with van der Waals surface area (Å²) in [6.07, 6.45) is 0. The molecule has 1 N–H and O–H groups in total. The van der Waals surface area contributed by atoms with Gasteiger partial charge >= 0.3 is 0 Å². The van der Waals surface area contributed by atoms with E-state index < -0.39 is 0 Å². The first-order valence-electron chi connectivity index (χ1n) is 7.13. The van der Waals surface area contributed by atoms with E-state index in [4.69, 9.17) is 0 Å². The summed E-state index contributed by atoms with van der Waals surface area (Å²) < 4.78 is 0. The molecule has 1 fully saturated rings. The van der Waals surface area contributed by atoms with E-state index in [-0.39, 0.29) is 35.3 Å². The first-order chi connectivity index (χ1) is 10.3. The van der Waals surface area contributed by atoms with E-state index in [0.717, 1.165) is 27.3 Å². The summed E-state index contributed by atoms with van der Waals surface area (Å²) in [4.78, 5) is 37.1. The monoisotopic (exact) mass is 320 g/mol. The zero-order valence-electron chi connectivity index (χ0n) is 13.2. The van der Waals surface area contributed by atoms with Gasteiger partial charge in [0.25, 0.3) is 0 Å². The predicted octanol–water partition coefficient (Wildman–Crippen LogP) is 2.04. The van der Waals surface area contributed by atoms with Gasteiger partial charge in [-0.15, -0.1) is 11.8 Å². The van der Waals surface area contributed by atoms with Crippen LogP contribution >= 0.6 is 11.8 Å². The normalized spacial score (nSPS) is 18.5. The third kappa shape index (κ3) is 3.50. The fraction of sp³-hybridized carbons (Fsp3) is 0.438. The van der Waals surface area contributed by atoms with E-state index in [1.165, 1.54) is 11.8 Å². The lowest BCUT2D eigenvalue weighted by molar-refractivity contribution is -0.145. The molecule has 1 saturated heterocycles. The molecule has 0 aliphatic carbocycles. The number of rotatable bonds is 3. The molecule has 1 aromatic carbocycles. The lowest BCUT2D eigenvalue weighted by Crippen LogP contribution is -2.49. The van der Waals surface area contributed by atoms with Crippen LogP contribution in [-0.2, 0) is 14.4 Å². The Bertz CT molecular complexity index is 619. The van der Waals surface area contributed by atoms with Crippen molar-refractivity contribution in [2.24, 2.45) is 0 Å². The first kappa shape index (κ1) is 16.5. The maximum Gasteiger partial charge on any atom is 0.244 e. The van der Waals surface area contributed by atoms with Crippen LogP contribution in [0.3, 0.4) is 0 Å². The standard InChI is InChI=1S/C16H20N2O3S/c1-9-5-10(2)15(11(3)6-9)17-13(19)7-18-14(20)8-22-12(4)16(18)21/h5-6,12H,7-8H2,1-4H3,(H,17,19). The molecule has 6 heteroatoms. The Morgan fingerprint density at radius 2 is 1.86 bits per heavy atom. The topological polar surface area (TPSA) is 66.5 Å². The number of nitrogens with zero attached hydrogens (tertiary/aromatic N) is 1. The molecule has 1 unspecified atom stereocenters. The molecule has 118 valence electrons. The second-order valence-electron chi connectivity index (χ2n) is 5.59. The molecule has 3 amide bonds. The molecule has 0 aromatic heterocycles. The highest BCUT2D eigenvalue weighted by molar-refractivity contribution is 8.01. The highest BCUT2D eigenvalue weighted by Gasteiger charge is 2.33. The maximum absolute atomic E-state index is 12.2. The number of hydrogen-bond donors (Lipinski definition) is 1. The summed E-state index contributed by atoms with van der Waals surface area (Å²) in [5.41, 5.74) is 3.80. The highest BCUT2D eigenvalue weighted by Crippen LogP contribution is 2.23. The Labute approximate surface area is 134 Å². The number of amides is 3. The van der Waals surface area contributed by atoms with Gasteiger partial charge in [-0.25, -0.2) is 0 Å². The number of thioether (sulfide) groups is 1. The largest absolute Gasteiger partial charge is 0.324 e. The van der Waals surface area contributed by atoms with E-state index >= 15 is 0 Å². The van der Waals surface area contributed by atoms with Gasteiger partial charge < -0.3 is 5.32 Å². The lowest BCUT2D eigenvalue weighted by atomic mass is 10.1. The van der Waals surface area contributed by atoms with E-state index in [0.29, 0.717) is 0 Å². The average Bonchev–Trinajstić information content (AvgIpc) is 2.43. The van der Waals surface area contributed by atoms with Crippen LogP contribution in [0.2, 0.25) is 0 Å². The summed E-state index contributed by atoms with van der Waals surface area (Å²) in [5, 5.41) is 2.53. The van der Waals surface area contributed by atoms with Crippen molar-refractivity contribution < 1.29 is 14.4 Å². The van der Waals surface area contributed by atoms with Gasteiger partial charge in [-0.05, 0) is 38.8 Å². The molecular weight excluding hydrogens is 300 g/mol. The second-order valence-corrected chi connectivity index (χ2v) is 6.92. The van der Waals surface area contributed by atoms with Gasteiger partial charge in [0.05, 0.1) is 11.0 Å². The van der Waals surface area contributed by atoms with Gasteiger partial charge in [0.15, 0.2) is 0 Å². The third-order valence-electron chi connectivity index (χ3n) is 3.61. The summed E-state index contributed by atoms with van der Waals surface area (Å²) >= 11 is 1.30. The van der Waals surface area contributed by atoms with E-state index in [1.807, 2.05) is 32.9 Å². The van der Waals surface area contributed by atoms with Crippen molar-refractivity contribution in [3.63, 3.8) is 0 Å². The molecule has 5 nitrogen and oxygen atoms in total. The molecule has 1 aliphatic rings. The summed E-state index contributed by atoms with van der Waals surface area (Å²) in [6.45, 7) is 7.36. The number of nitrogens with one attached hydrogen (secondary N) is 1. The zero-order chi connectivity index (χ0) is 16.4. The molecule has 1 aromatic rings. The fourth-order valence-corrected chi connectivity index (χ4v) is 3.37. The van der Waals surface area contributed by atoms with Crippen LogP contribution in [0.15, 0.2) is 12.1 Å². The van der Waals surface area contributed by atoms with Crippen LogP contribution in [-0.4, -0.2) is 40.2 Å². The van der Waals surface area contributed by atoms with Crippen LogP contribution in [0, 0.1) is 20.8 Å². The van der Waals surface area contributed by atoms with Crippen LogP contribution in [0.1, 0.15) is 23.6 Å². The summed E-state index contributed by atoms with van der Waals surface area (Å²) in [6, 6.07) is 3.97. The van der Waals surface area contributed by atoms with Crippen molar-refractivity contribution >= 4 is 35.2 Å². The molecule has 1 aliphatic heterocycles.